The van der Waals surface area contributed by atoms with E-state index in [0.717, 1.165) is 22.4 Å². The number of halogens is 1. The third kappa shape index (κ3) is 5.10. The first-order valence-corrected chi connectivity index (χ1v) is 10.2. The smallest absolute Gasteiger partial charge is 0.262 e. The van der Waals surface area contributed by atoms with Crippen molar-refractivity contribution in [2.75, 3.05) is 23.4 Å². The standard InChI is InChI=1S/C23H27ClN2O3/c1-14(2)12-26-20-7-6-18(11-17(20)5-8-22(26)28)25-21(27)13-29-19-9-15(3)23(24)16(4)10-19/h6-7,9-11,14H,5,8,12-13H2,1-4H3,(H,25,27). The number of anilines is 2. The van der Waals surface area contributed by atoms with Gasteiger partial charge < -0.3 is 15.0 Å². The first-order valence-electron chi connectivity index (χ1n) is 9.87. The highest BCUT2D eigenvalue weighted by Gasteiger charge is 2.25. The summed E-state index contributed by atoms with van der Waals surface area (Å²) in [5.41, 5.74) is 4.55. The van der Waals surface area contributed by atoms with Gasteiger partial charge in [0.1, 0.15) is 5.75 Å². The molecule has 29 heavy (non-hydrogen) atoms. The molecule has 2 aromatic rings. The van der Waals surface area contributed by atoms with Gasteiger partial charge in [0, 0.05) is 29.4 Å². The fourth-order valence-electron chi connectivity index (χ4n) is 3.54. The fraction of sp³-hybridized carbons (Fsp3) is 0.391. The summed E-state index contributed by atoms with van der Waals surface area (Å²) in [6, 6.07) is 9.34. The van der Waals surface area contributed by atoms with Gasteiger partial charge in [-0.05, 0) is 73.2 Å². The van der Waals surface area contributed by atoms with E-state index >= 15 is 0 Å². The molecule has 6 heteroatoms. The first kappa shape index (κ1) is 21.2. The molecule has 154 valence electrons. The SMILES string of the molecule is Cc1cc(OCC(=O)Nc2ccc3c(c2)CCC(=O)N3CC(C)C)cc(C)c1Cl. The fourth-order valence-corrected chi connectivity index (χ4v) is 3.65. The molecular formula is C23H27ClN2O3. The van der Waals surface area contributed by atoms with Crippen LogP contribution in [0.5, 0.6) is 5.75 Å². The Labute approximate surface area is 177 Å². The van der Waals surface area contributed by atoms with Crippen LogP contribution in [0.1, 0.15) is 37.0 Å². The highest BCUT2D eigenvalue weighted by Crippen LogP contribution is 2.31. The Morgan fingerprint density at radius 2 is 1.86 bits per heavy atom. The van der Waals surface area contributed by atoms with E-state index in [9.17, 15) is 9.59 Å². The van der Waals surface area contributed by atoms with E-state index < -0.39 is 0 Å². The van der Waals surface area contributed by atoms with Crippen LogP contribution in [-0.2, 0) is 16.0 Å². The lowest BCUT2D eigenvalue weighted by molar-refractivity contribution is -0.119. The Morgan fingerprint density at radius 1 is 1.17 bits per heavy atom. The number of benzene rings is 2. The minimum absolute atomic E-state index is 0.0877. The van der Waals surface area contributed by atoms with Crippen LogP contribution in [0.4, 0.5) is 11.4 Å². The number of hydrogen-bond acceptors (Lipinski definition) is 3. The maximum Gasteiger partial charge on any atom is 0.262 e. The number of hydrogen-bond donors (Lipinski definition) is 1. The van der Waals surface area contributed by atoms with Crippen LogP contribution in [0.25, 0.3) is 0 Å². The number of aryl methyl sites for hydroxylation is 3. The van der Waals surface area contributed by atoms with Crippen LogP contribution in [0.3, 0.4) is 0 Å². The molecule has 3 rings (SSSR count). The van der Waals surface area contributed by atoms with E-state index in [-0.39, 0.29) is 18.4 Å². The third-order valence-electron chi connectivity index (χ3n) is 4.89. The van der Waals surface area contributed by atoms with E-state index in [4.69, 9.17) is 16.3 Å². The molecule has 0 unspecified atom stereocenters. The van der Waals surface area contributed by atoms with Crippen molar-refractivity contribution in [3.8, 4) is 5.75 Å². The van der Waals surface area contributed by atoms with Gasteiger partial charge >= 0.3 is 0 Å². The van der Waals surface area contributed by atoms with Crippen molar-refractivity contribution in [1.82, 2.24) is 0 Å². The molecular weight excluding hydrogens is 388 g/mol. The number of nitrogens with zero attached hydrogens (tertiary/aromatic N) is 1. The van der Waals surface area contributed by atoms with Gasteiger partial charge in [0.15, 0.2) is 6.61 Å². The third-order valence-corrected chi connectivity index (χ3v) is 5.49. The molecule has 2 aromatic carbocycles. The Hall–Kier alpha value is -2.53. The molecule has 0 aliphatic carbocycles. The lowest BCUT2D eigenvalue weighted by atomic mass is 9.99. The van der Waals surface area contributed by atoms with E-state index in [1.165, 1.54) is 0 Å². The zero-order valence-electron chi connectivity index (χ0n) is 17.3. The molecule has 0 bridgehead atoms. The average Bonchev–Trinajstić information content (AvgIpc) is 2.66. The van der Waals surface area contributed by atoms with E-state index in [1.54, 1.807) is 0 Å². The van der Waals surface area contributed by atoms with Crippen LogP contribution in [-0.4, -0.2) is 25.0 Å². The van der Waals surface area contributed by atoms with Crippen molar-refractivity contribution >= 4 is 34.8 Å². The highest BCUT2D eigenvalue weighted by atomic mass is 35.5. The molecule has 0 radical (unpaired) electrons. The van der Waals surface area contributed by atoms with Crippen LogP contribution in [0.2, 0.25) is 5.02 Å². The predicted molar refractivity (Wildman–Crippen MR) is 117 cm³/mol. The van der Waals surface area contributed by atoms with Crippen LogP contribution >= 0.6 is 11.6 Å². The van der Waals surface area contributed by atoms with Gasteiger partial charge in [-0.15, -0.1) is 0 Å². The number of ether oxygens (including phenoxy) is 1. The molecule has 0 fully saturated rings. The van der Waals surface area contributed by atoms with Crippen LogP contribution < -0.4 is 15.0 Å². The minimum atomic E-state index is -0.235. The number of carbonyl (C=O) groups excluding carboxylic acids is 2. The maximum atomic E-state index is 12.3. The van der Waals surface area contributed by atoms with Crippen LogP contribution in [0, 0.1) is 19.8 Å². The van der Waals surface area contributed by atoms with Crippen molar-refractivity contribution in [3.63, 3.8) is 0 Å². The quantitative estimate of drug-likeness (QED) is 0.730. The molecule has 5 nitrogen and oxygen atoms in total. The lowest BCUT2D eigenvalue weighted by Crippen LogP contribution is -2.37. The van der Waals surface area contributed by atoms with Crippen molar-refractivity contribution in [3.05, 3.63) is 52.0 Å². The van der Waals surface area contributed by atoms with Gasteiger partial charge in [-0.1, -0.05) is 25.4 Å². The first-order chi connectivity index (χ1) is 13.7. The minimum Gasteiger partial charge on any atom is -0.484 e. The summed E-state index contributed by atoms with van der Waals surface area (Å²) in [6.45, 7) is 8.62. The van der Waals surface area contributed by atoms with Crippen LogP contribution in [0.15, 0.2) is 30.3 Å². The summed E-state index contributed by atoms with van der Waals surface area (Å²) < 4.78 is 5.62. The van der Waals surface area contributed by atoms with Crippen molar-refractivity contribution in [2.45, 2.75) is 40.5 Å². The zero-order valence-corrected chi connectivity index (χ0v) is 18.1. The average molecular weight is 415 g/mol. The number of rotatable bonds is 6. The van der Waals surface area contributed by atoms with Gasteiger partial charge in [-0.25, -0.2) is 0 Å². The molecule has 0 spiro atoms. The highest BCUT2D eigenvalue weighted by molar-refractivity contribution is 6.32. The van der Waals surface area contributed by atoms with Gasteiger partial charge in [-0.3, -0.25) is 9.59 Å². The van der Waals surface area contributed by atoms with E-state index in [2.05, 4.69) is 19.2 Å². The van der Waals surface area contributed by atoms with Crippen molar-refractivity contribution in [2.24, 2.45) is 5.92 Å². The summed E-state index contributed by atoms with van der Waals surface area (Å²) in [4.78, 5) is 26.5. The Morgan fingerprint density at radius 3 is 2.52 bits per heavy atom. The summed E-state index contributed by atoms with van der Waals surface area (Å²) in [5.74, 6) is 0.931. The predicted octanol–water partition coefficient (Wildman–Crippen LogP) is 4.91. The molecule has 0 aromatic heterocycles. The second-order valence-corrected chi connectivity index (χ2v) is 8.33. The summed E-state index contributed by atoms with van der Waals surface area (Å²) >= 11 is 6.17. The number of amides is 2. The van der Waals surface area contributed by atoms with Crippen molar-refractivity contribution in [1.29, 1.82) is 0 Å². The Bertz CT molecular complexity index is 917. The monoisotopic (exact) mass is 414 g/mol. The Balaban J connectivity index is 1.65. The molecule has 1 N–H and O–H groups in total. The second-order valence-electron chi connectivity index (χ2n) is 7.95. The molecule has 1 aliphatic rings. The van der Waals surface area contributed by atoms with Gasteiger partial charge in [0.05, 0.1) is 0 Å². The molecule has 0 saturated heterocycles. The van der Waals surface area contributed by atoms with Gasteiger partial charge in [0.25, 0.3) is 5.91 Å². The summed E-state index contributed by atoms with van der Waals surface area (Å²) in [6.07, 6.45) is 1.18. The number of carbonyl (C=O) groups is 2. The topological polar surface area (TPSA) is 58.6 Å². The summed E-state index contributed by atoms with van der Waals surface area (Å²) in [7, 11) is 0. The number of nitrogens with one attached hydrogen (secondary N) is 1. The second kappa shape index (κ2) is 8.87. The molecule has 2 amide bonds. The van der Waals surface area contributed by atoms with Gasteiger partial charge in [0.2, 0.25) is 5.91 Å². The maximum absolute atomic E-state index is 12.3. The molecule has 0 saturated carbocycles. The van der Waals surface area contributed by atoms with Gasteiger partial charge in [-0.2, -0.15) is 0 Å². The molecule has 0 atom stereocenters. The van der Waals surface area contributed by atoms with E-state index in [1.807, 2.05) is 49.1 Å². The molecule has 1 aliphatic heterocycles. The normalized spacial score (nSPS) is 13.4. The summed E-state index contributed by atoms with van der Waals surface area (Å²) in [5, 5.41) is 3.59. The van der Waals surface area contributed by atoms with E-state index in [0.29, 0.717) is 41.8 Å². The lowest BCUT2D eigenvalue weighted by Gasteiger charge is -2.31. The largest absolute Gasteiger partial charge is 0.484 e. The zero-order chi connectivity index (χ0) is 21.1. The van der Waals surface area contributed by atoms with Crippen molar-refractivity contribution < 1.29 is 14.3 Å². The number of fused-ring (bicyclic) bond motifs is 1. The Kier molecular flexibility index (Phi) is 6.48. The molecule has 1 heterocycles.